The van der Waals surface area contributed by atoms with Crippen LogP contribution in [0.15, 0.2) is 30.3 Å². The molecule has 1 amide bonds. The van der Waals surface area contributed by atoms with Crippen molar-refractivity contribution in [2.45, 2.75) is 32.6 Å². The van der Waals surface area contributed by atoms with Crippen LogP contribution in [0.2, 0.25) is 0 Å². The number of carbonyl (C=O) groups excluding carboxylic acids is 2. The van der Waals surface area contributed by atoms with Gasteiger partial charge < -0.3 is 9.64 Å². The minimum atomic E-state index is -0.389. The van der Waals surface area contributed by atoms with E-state index in [2.05, 4.69) is 25.1 Å². The van der Waals surface area contributed by atoms with Crippen LogP contribution in [0.4, 0.5) is 0 Å². The van der Waals surface area contributed by atoms with Gasteiger partial charge in [-0.05, 0) is 54.4 Å². The fraction of sp³-hybridized carbons (Fsp3) is 0.429. The molecule has 5 heteroatoms. The van der Waals surface area contributed by atoms with Gasteiger partial charge in [0.1, 0.15) is 4.88 Å². The molecule has 1 aliphatic carbocycles. The van der Waals surface area contributed by atoms with Gasteiger partial charge in [-0.25, -0.2) is 4.79 Å². The molecule has 0 bridgehead atoms. The minimum absolute atomic E-state index is 0.0865. The predicted molar refractivity (Wildman–Crippen MR) is 102 cm³/mol. The number of amides is 1. The fourth-order valence-corrected chi connectivity index (χ4v) is 5.04. The Bertz CT molecular complexity index is 842. The van der Waals surface area contributed by atoms with Gasteiger partial charge in [0, 0.05) is 18.0 Å². The van der Waals surface area contributed by atoms with Gasteiger partial charge in [0.05, 0.1) is 0 Å². The second-order valence-electron chi connectivity index (χ2n) is 7.29. The number of thiophene rings is 1. The van der Waals surface area contributed by atoms with Gasteiger partial charge in [-0.1, -0.05) is 31.2 Å². The molecule has 2 aromatic rings. The molecule has 0 radical (unpaired) electrons. The molecule has 1 aromatic heterocycles. The summed E-state index contributed by atoms with van der Waals surface area (Å²) in [7, 11) is 0. The zero-order chi connectivity index (χ0) is 18.1. The smallest absolute Gasteiger partial charge is 0.348 e. The third kappa shape index (κ3) is 3.40. The van der Waals surface area contributed by atoms with Crippen molar-refractivity contribution in [2.75, 3.05) is 19.7 Å². The van der Waals surface area contributed by atoms with E-state index >= 15 is 0 Å². The van der Waals surface area contributed by atoms with Gasteiger partial charge in [0.15, 0.2) is 6.61 Å². The summed E-state index contributed by atoms with van der Waals surface area (Å²) in [6.45, 7) is 3.52. The number of carbonyl (C=O) groups is 2. The first-order chi connectivity index (χ1) is 12.6. The van der Waals surface area contributed by atoms with Crippen molar-refractivity contribution in [3.05, 3.63) is 46.3 Å². The van der Waals surface area contributed by atoms with E-state index in [1.165, 1.54) is 28.0 Å². The first kappa shape index (κ1) is 17.3. The van der Waals surface area contributed by atoms with Gasteiger partial charge in [-0.3, -0.25) is 4.79 Å². The zero-order valence-electron chi connectivity index (χ0n) is 15.0. The van der Waals surface area contributed by atoms with E-state index < -0.39 is 0 Å². The van der Waals surface area contributed by atoms with Crippen molar-refractivity contribution in [2.24, 2.45) is 5.92 Å². The molecule has 2 aliphatic rings. The molecule has 1 saturated heterocycles. The summed E-state index contributed by atoms with van der Waals surface area (Å²) in [6, 6.07) is 10.3. The second-order valence-corrected chi connectivity index (χ2v) is 8.34. The van der Waals surface area contributed by atoms with Gasteiger partial charge in [-0.15, -0.1) is 11.3 Å². The standard InChI is InChI=1S/C21H23NO3S/c1-14-5-4-10-22(12-14)19(23)13-25-21(24)18-11-16-9-8-15-6-2-3-7-17(15)20(16)26-18/h2-3,6-7,11,14H,4-5,8-10,12-13H2,1H3/t14-/m0/s1. The van der Waals surface area contributed by atoms with E-state index in [1.807, 2.05) is 17.0 Å². The molecule has 0 unspecified atom stereocenters. The van der Waals surface area contributed by atoms with Crippen LogP contribution in [0.1, 0.15) is 40.6 Å². The third-order valence-corrected chi connectivity index (χ3v) is 6.46. The van der Waals surface area contributed by atoms with Crippen molar-refractivity contribution in [1.82, 2.24) is 4.90 Å². The van der Waals surface area contributed by atoms with Gasteiger partial charge in [-0.2, -0.15) is 0 Å². The predicted octanol–water partition coefficient (Wildman–Crippen LogP) is 3.93. The summed E-state index contributed by atoms with van der Waals surface area (Å²) in [4.78, 5) is 28.3. The first-order valence-corrected chi connectivity index (χ1v) is 10.1. The van der Waals surface area contributed by atoms with Crippen LogP contribution in [0.3, 0.4) is 0 Å². The Kier molecular flexibility index (Phi) is 4.81. The van der Waals surface area contributed by atoms with Crippen molar-refractivity contribution in [1.29, 1.82) is 0 Å². The lowest BCUT2D eigenvalue weighted by molar-refractivity contribution is -0.136. The van der Waals surface area contributed by atoms with E-state index in [1.54, 1.807) is 0 Å². The molecule has 1 atom stereocenters. The van der Waals surface area contributed by atoms with E-state index in [-0.39, 0.29) is 18.5 Å². The Labute approximate surface area is 157 Å². The Morgan fingerprint density at radius 2 is 2.04 bits per heavy atom. The molecular weight excluding hydrogens is 346 g/mol. The molecule has 4 nitrogen and oxygen atoms in total. The molecule has 1 aliphatic heterocycles. The summed E-state index contributed by atoms with van der Waals surface area (Å²) in [5.74, 6) is 0.0457. The molecule has 2 heterocycles. The summed E-state index contributed by atoms with van der Waals surface area (Å²) in [6.07, 6.45) is 4.13. The van der Waals surface area contributed by atoms with Crippen molar-refractivity contribution >= 4 is 23.2 Å². The quantitative estimate of drug-likeness (QED) is 0.770. The van der Waals surface area contributed by atoms with Crippen molar-refractivity contribution in [3.63, 3.8) is 0 Å². The molecule has 0 N–H and O–H groups in total. The first-order valence-electron chi connectivity index (χ1n) is 9.27. The second kappa shape index (κ2) is 7.23. The lowest BCUT2D eigenvalue weighted by Gasteiger charge is -2.30. The number of likely N-dealkylation sites (tertiary alicyclic amines) is 1. The van der Waals surface area contributed by atoms with E-state index in [9.17, 15) is 9.59 Å². The number of piperidine rings is 1. The number of hydrogen-bond donors (Lipinski definition) is 0. The lowest BCUT2D eigenvalue weighted by atomic mass is 9.91. The minimum Gasteiger partial charge on any atom is -0.451 e. The SMILES string of the molecule is C[C@H]1CCCN(C(=O)COC(=O)c2cc3c(s2)-c2ccccc2CC3)C1. The van der Waals surface area contributed by atoms with Crippen LogP contribution >= 0.6 is 11.3 Å². The molecule has 1 aromatic carbocycles. The highest BCUT2D eigenvalue weighted by Gasteiger charge is 2.24. The van der Waals surface area contributed by atoms with E-state index in [0.29, 0.717) is 10.8 Å². The number of esters is 1. The average molecular weight is 369 g/mol. The van der Waals surface area contributed by atoms with Crippen LogP contribution in [-0.4, -0.2) is 36.5 Å². The lowest BCUT2D eigenvalue weighted by Crippen LogP contribution is -2.41. The molecule has 26 heavy (non-hydrogen) atoms. The number of nitrogens with zero attached hydrogens (tertiary/aromatic N) is 1. The Hall–Kier alpha value is -2.14. The largest absolute Gasteiger partial charge is 0.451 e. The summed E-state index contributed by atoms with van der Waals surface area (Å²) < 4.78 is 5.32. The van der Waals surface area contributed by atoms with Crippen LogP contribution in [0, 0.1) is 5.92 Å². The normalized spacial score (nSPS) is 18.8. The topological polar surface area (TPSA) is 46.6 Å². The maximum Gasteiger partial charge on any atom is 0.348 e. The number of fused-ring (bicyclic) bond motifs is 3. The maximum absolute atomic E-state index is 12.4. The van der Waals surface area contributed by atoms with Crippen LogP contribution in [0.25, 0.3) is 10.4 Å². The molecule has 4 rings (SSSR count). The summed E-state index contributed by atoms with van der Waals surface area (Å²) in [5, 5.41) is 0. The average Bonchev–Trinajstić information content (AvgIpc) is 3.11. The van der Waals surface area contributed by atoms with E-state index in [4.69, 9.17) is 4.74 Å². The Morgan fingerprint density at radius 1 is 1.23 bits per heavy atom. The van der Waals surface area contributed by atoms with Crippen molar-refractivity contribution in [3.8, 4) is 10.4 Å². The van der Waals surface area contributed by atoms with Crippen LogP contribution < -0.4 is 0 Å². The van der Waals surface area contributed by atoms with Gasteiger partial charge in [0.2, 0.25) is 0 Å². The Morgan fingerprint density at radius 3 is 2.88 bits per heavy atom. The fourth-order valence-electron chi connectivity index (χ4n) is 3.88. The van der Waals surface area contributed by atoms with Crippen molar-refractivity contribution < 1.29 is 14.3 Å². The Balaban J connectivity index is 1.42. The number of benzene rings is 1. The molecule has 1 fully saturated rings. The number of hydrogen-bond acceptors (Lipinski definition) is 4. The van der Waals surface area contributed by atoms with Gasteiger partial charge in [0.25, 0.3) is 5.91 Å². The highest BCUT2D eigenvalue weighted by molar-refractivity contribution is 7.17. The maximum atomic E-state index is 12.4. The number of ether oxygens (including phenoxy) is 1. The van der Waals surface area contributed by atoms with Crippen LogP contribution in [-0.2, 0) is 22.4 Å². The van der Waals surface area contributed by atoms with E-state index in [0.717, 1.165) is 43.6 Å². The molecular formula is C21H23NO3S. The zero-order valence-corrected chi connectivity index (χ0v) is 15.8. The summed E-state index contributed by atoms with van der Waals surface area (Å²) in [5.41, 5.74) is 3.75. The van der Waals surface area contributed by atoms with Crippen LogP contribution in [0.5, 0.6) is 0 Å². The third-order valence-electron chi connectivity index (χ3n) is 5.27. The van der Waals surface area contributed by atoms with Gasteiger partial charge >= 0.3 is 5.97 Å². The molecule has 0 saturated carbocycles. The highest BCUT2D eigenvalue weighted by atomic mass is 32.1. The number of rotatable bonds is 3. The highest BCUT2D eigenvalue weighted by Crippen LogP contribution is 2.39. The molecule has 136 valence electrons. The monoisotopic (exact) mass is 369 g/mol. The molecule has 0 spiro atoms. The summed E-state index contributed by atoms with van der Waals surface area (Å²) >= 11 is 1.47. The number of aryl methyl sites for hydroxylation is 2.